The molecule has 0 saturated carbocycles. The molecule has 0 aliphatic heterocycles. The monoisotopic (exact) mass is 374 g/mol. The topological polar surface area (TPSA) is 111 Å². The molecule has 2 aromatic rings. The number of anilines is 1. The lowest BCUT2D eigenvalue weighted by molar-refractivity contribution is 0.391. The number of hydrogen-bond donors (Lipinski definition) is 2. The Kier molecular flexibility index (Phi) is 4.35. The van der Waals surface area contributed by atoms with Crippen LogP contribution in [0.3, 0.4) is 0 Å². The smallest absolute Gasteiger partial charge is 0.244 e. The zero-order chi connectivity index (χ0) is 15.8. The molecule has 21 heavy (non-hydrogen) atoms. The maximum atomic E-state index is 12.4. The molecule has 0 aliphatic rings. The van der Waals surface area contributed by atoms with Crippen LogP contribution in [0.2, 0.25) is 0 Å². The molecule has 2 aromatic heterocycles. The highest BCUT2D eigenvalue weighted by Crippen LogP contribution is 2.25. The zero-order valence-electron chi connectivity index (χ0n) is 11.7. The van der Waals surface area contributed by atoms with Gasteiger partial charge in [0.05, 0.1) is 5.69 Å². The largest absolute Gasteiger partial charge is 0.383 e. The zero-order valence-corrected chi connectivity index (χ0v) is 14.1. The third-order valence-electron chi connectivity index (χ3n) is 2.99. The molecule has 0 fully saturated rings. The quantitative estimate of drug-likeness (QED) is 0.846. The molecular formula is C12H15BrN4O3S. The summed E-state index contributed by atoms with van der Waals surface area (Å²) in [7, 11) is -3.81. The Labute approximate surface area is 131 Å². The third kappa shape index (κ3) is 3.25. The predicted molar refractivity (Wildman–Crippen MR) is 81.1 cm³/mol. The average Bonchev–Trinajstić information content (AvgIpc) is 2.71. The molecular weight excluding hydrogens is 360 g/mol. The van der Waals surface area contributed by atoms with Gasteiger partial charge in [0.25, 0.3) is 0 Å². The van der Waals surface area contributed by atoms with E-state index < -0.39 is 16.1 Å². The average molecular weight is 375 g/mol. The minimum atomic E-state index is -3.81. The highest BCUT2D eigenvalue weighted by atomic mass is 79.9. The lowest BCUT2D eigenvalue weighted by atomic mass is 10.1. The van der Waals surface area contributed by atoms with E-state index in [9.17, 15) is 8.42 Å². The minimum Gasteiger partial charge on any atom is -0.383 e. The molecule has 0 saturated heterocycles. The highest BCUT2D eigenvalue weighted by molar-refractivity contribution is 9.10. The maximum absolute atomic E-state index is 12.4. The van der Waals surface area contributed by atoms with Crippen LogP contribution in [0, 0.1) is 13.8 Å². The molecule has 0 spiro atoms. The Morgan fingerprint density at radius 1 is 1.43 bits per heavy atom. The molecule has 0 aromatic carbocycles. The summed E-state index contributed by atoms with van der Waals surface area (Å²) >= 11 is 3.18. The number of pyridine rings is 1. The van der Waals surface area contributed by atoms with Gasteiger partial charge in [0, 0.05) is 22.3 Å². The molecule has 1 atom stereocenters. The van der Waals surface area contributed by atoms with Crippen molar-refractivity contribution in [1.29, 1.82) is 0 Å². The van der Waals surface area contributed by atoms with Crippen LogP contribution in [-0.2, 0) is 10.0 Å². The van der Waals surface area contributed by atoms with Crippen LogP contribution in [0.4, 0.5) is 5.82 Å². The Bertz CT molecular complexity index is 753. The van der Waals surface area contributed by atoms with Gasteiger partial charge in [-0.25, -0.2) is 18.1 Å². The van der Waals surface area contributed by atoms with E-state index in [4.69, 9.17) is 10.3 Å². The highest BCUT2D eigenvalue weighted by Gasteiger charge is 2.25. The molecule has 7 nitrogen and oxygen atoms in total. The second kappa shape index (κ2) is 5.74. The maximum Gasteiger partial charge on any atom is 0.244 e. The summed E-state index contributed by atoms with van der Waals surface area (Å²) in [6.45, 7) is 5.20. The number of aromatic nitrogens is 2. The van der Waals surface area contributed by atoms with E-state index in [-0.39, 0.29) is 10.7 Å². The summed E-state index contributed by atoms with van der Waals surface area (Å²) in [6, 6.07) is 0.907. The van der Waals surface area contributed by atoms with Crippen molar-refractivity contribution in [1.82, 2.24) is 14.9 Å². The summed E-state index contributed by atoms with van der Waals surface area (Å²) in [5.41, 5.74) is 7.00. The van der Waals surface area contributed by atoms with Crippen LogP contribution in [0.25, 0.3) is 0 Å². The number of nitrogens with zero attached hydrogens (tertiary/aromatic N) is 2. The number of halogens is 1. The van der Waals surface area contributed by atoms with E-state index in [0.717, 1.165) is 0 Å². The van der Waals surface area contributed by atoms with Crippen molar-refractivity contribution >= 4 is 31.8 Å². The summed E-state index contributed by atoms with van der Waals surface area (Å²) in [6.07, 6.45) is 1.44. The first-order valence-electron chi connectivity index (χ1n) is 6.08. The lowest BCUT2D eigenvalue weighted by Gasteiger charge is -2.15. The van der Waals surface area contributed by atoms with Gasteiger partial charge < -0.3 is 10.3 Å². The molecule has 1 unspecified atom stereocenters. The van der Waals surface area contributed by atoms with E-state index in [2.05, 4.69) is 30.8 Å². The normalized spacial score (nSPS) is 13.3. The Morgan fingerprint density at radius 2 is 2.10 bits per heavy atom. The summed E-state index contributed by atoms with van der Waals surface area (Å²) in [4.78, 5) is 3.76. The van der Waals surface area contributed by atoms with Gasteiger partial charge >= 0.3 is 0 Å². The van der Waals surface area contributed by atoms with Crippen molar-refractivity contribution in [3.63, 3.8) is 0 Å². The number of hydrogen-bond acceptors (Lipinski definition) is 6. The van der Waals surface area contributed by atoms with Crippen molar-refractivity contribution < 1.29 is 12.9 Å². The summed E-state index contributed by atoms with van der Waals surface area (Å²) in [5.74, 6) is 0.514. The third-order valence-corrected chi connectivity index (χ3v) is 4.99. The van der Waals surface area contributed by atoms with Gasteiger partial charge in [-0.3, -0.25) is 0 Å². The van der Waals surface area contributed by atoms with E-state index in [1.807, 2.05) is 0 Å². The molecule has 9 heteroatoms. The molecule has 0 bridgehead atoms. The summed E-state index contributed by atoms with van der Waals surface area (Å²) < 4.78 is 33.0. The van der Waals surface area contributed by atoms with Gasteiger partial charge in [-0.1, -0.05) is 5.16 Å². The van der Waals surface area contributed by atoms with E-state index in [1.54, 1.807) is 20.8 Å². The first kappa shape index (κ1) is 15.9. The number of rotatable bonds is 4. The van der Waals surface area contributed by atoms with Crippen molar-refractivity contribution in [3.05, 3.63) is 33.8 Å². The van der Waals surface area contributed by atoms with Gasteiger partial charge in [0.2, 0.25) is 10.0 Å². The van der Waals surface area contributed by atoms with E-state index in [0.29, 0.717) is 21.5 Å². The Balaban J connectivity index is 2.36. The molecule has 3 N–H and O–H groups in total. The Morgan fingerprint density at radius 3 is 2.67 bits per heavy atom. The van der Waals surface area contributed by atoms with Crippen LogP contribution >= 0.6 is 15.9 Å². The van der Waals surface area contributed by atoms with Gasteiger partial charge in [-0.15, -0.1) is 0 Å². The first-order chi connectivity index (χ1) is 9.72. The van der Waals surface area contributed by atoms with Gasteiger partial charge in [-0.05, 0) is 42.8 Å². The van der Waals surface area contributed by atoms with Crippen LogP contribution in [-0.4, -0.2) is 18.6 Å². The SMILES string of the molecule is Cc1noc(C)c1C(C)NS(=O)(=O)c1cc(Br)cnc1N. The molecule has 0 radical (unpaired) electrons. The van der Waals surface area contributed by atoms with Gasteiger partial charge in [0.15, 0.2) is 0 Å². The second-order valence-corrected chi connectivity index (χ2v) is 7.22. The van der Waals surface area contributed by atoms with Crippen LogP contribution < -0.4 is 10.5 Å². The van der Waals surface area contributed by atoms with Crippen LogP contribution in [0.15, 0.2) is 26.2 Å². The number of sulfonamides is 1. The fourth-order valence-electron chi connectivity index (χ4n) is 2.11. The fourth-order valence-corrected chi connectivity index (χ4v) is 3.91. The van der Waals surface area contributed by atoms with Gasteiger partial charge in [-0.2, -0.15) is 0 Å². The van der Waals surface area contributed by atoms with Crippen molar-refractivity contribution in [2.45, 2.75) is 31.7 Å². The van der Waals surface area contributed by atoms with E-state index in [1.165, 1.54) is 12.3 Å². The lowest BCUT2D eigenvalue weighted by Crippen LogP contribution is -2.28. The fraction of sp³-hybridized carbons (Fsp3) is 0.333. The predicted octanol–water partition coefficient (Wildman–Crippen LogP) is 2.07. The summed E-state index contributed by atoms with van der Waals surface area (Å²) in [5, 5.41) is 3.82. The minimum absolute atomic E-state index is 0.0586. The number of aryl methyl sites for hydroxylation is 2. The van der Waals surface area contributed by atoms with Crippen molar-refractivity contribution in [2.75, 3.05) is 5.73 Å². The standard InChI is InChI=1S/C12H15BrN4O3S/c1-6-11(8(3)20-16-6)7(2)17-21(18,19)10-4-9(13)5-15-12(10)14/h4-5,7,17H,1-3H3,(H2,14,15). The molecule has 114 valence electrons. The number of nitrogen functional groups attached to an aromatic ring is 1. The number of nitrogens with two attached hydrogens (primary N) is 1. The van der Waals surface area contributed by atoms with Gasteiger partial charge in [0.1, 0.15) is 16.5 Å². The van der Waals surface area contributed by atoms with Crippen LogP contribution in [0.5, 0.6) is 0 Å². The van der Waals surface area contributed by atoms with Crippen LogP contribution in [0.1, 0.15) is 30.0 Å². The molecule has 2 heterocycles. The first-order valence-corrected chi connectivity index (χ1v) is 8.36. The molecule has 0 aliphatic carbocycles. The number of nitrogens with one attached hydrogen (secondary N) is 1. The van der Waals surface area contributed by atoms with Crippen molar-refractivity contribution in [2.24, 2.45) is 0 Å². The molecule has 0 amide bonds. The molecule has 2 rings (SSSR count). The van der Waals surface area contributed by atoms with Crippen molar-refractivity contribution in [3.8, 4) is 0 Å². The second-order valence-electron chi connectivity index (χ2n) is 4.62. The Hall–Kier alpha value is -1.45. The van der Waals surface area contributed by atoms with E-state index >= 15 is 0 Å².